The lowest BCUT2D eigenvalue weighted by Crippen LogP contribution is -2.49. The van der Waals surface area contributed by atoms with Crippen LogP contribution in [0.2, 0.25) is 0 Å². The smallest absolute Gasteiger partial charge is 0.254 e. The van der Waals surface area contributed by atoms with Gasteiger partial charge in [0.15, 0.2) is 0 Å². The van der Waals surface area contributed by atoms with Crippen molar-refractivity contribution in [2.24, 2.45) is 0 Å². The molecule has 20 heteroatoms. The molecule has 7 aliphatic rings. The first-order valence-corrected chi connectivity index (χ1v) is 35.3. The standard InChI is InChI=1S/C13H17NO.C11H17NO2S.C9H17NO.C9H13NO.C8H17NO2S.C8H15NO.C7H15NO2S/c1-13(2,3)14-9-8-10-6-4-5-7-11(10)12(14)15;1-11(2,3)12-8-9-6-4-5-7-10(9)15(12,13)14;2*1-9(2,3)10-7-5-4-6-8(10)11;1-8(2,3)9-6-4-5-7-12(9,10)11;1-8(2,3)9-6-4-5-7(9)10;1-7(2,3)8-5-4-6-11(8,9)10/h4-7H,8-9H2,1-3H3;4-5H,6-8H2,1-3H3;4-7H2,1-3H3;4-7H,1-3H3;4-7H2,1-3H3;4-6H2,1-3H3;4-6H2,1-3H3. The second kappa shape index (κ2) is 29.4. The van der Waals surface area contributed by atoms with Crippen LogP contribution in [0.5, 0.6) is 0 Å². The molecule has 0 saturated carbocycles. The molecule has 1 aromatic carbocycles. The van der Waals surface area contributed by atoms with E-state index in [-0.39, 0.29) is 50.2 Å². The van der Waals surface area contributed by atoms with Gasteiger partial charge in [-0.25, -0.2) is 25.3 Å². The van der Waals surface area contributed by atoms with Crippen molar-refractivity contribution >= 4 is 47.8 Å². The molecular formula is C65H111N7O10S3. The van der Waals surface area contributed by atoms with Gasteiger partial charge in [-0.3, -0.25) is 19.2 Å². The summed E-state index contributed by atoms with van der Waals surface area (Å²) in [6.45, 7) is 46.9. The minimum Gasteiger partial charge on any atom is -0.338 e. The first-order valence-electron chi connectivity index (χ1n) is 30.6. The Hall–Kier alpha value is -4.21. The van der Waals surface area contributed by atoms with Gasteiger partial charge in [-0.2, -0.15) is 12.9 Å². The summed E-state index contributed by atoms with van der Waals surface area (Å²) in [6.07, 6.45) is 15.5. The normalized spacial score (nSPS) is 21.0. The summed E-state index contributed by atoms with van der Waals surface area (Å²) in [5, 5.41) is 0. The average molecular weight is 1250 g/mol. The summed E-state index contributed by atoms with van der Waals surface area (Å²) < 4.78 is 76.7. The van der Waals surface area contributed by atoms with Crippen LogP contribution in [0.3, 0.4) is 0 Å². The second-order valence-electron chi connectivity index (χ2n) is 29.9. The number of sulfonamides is 3. The lowest BCUT2D eigenvalue weighted by molar-refractivity contribution is -0.138. The van der Waals surface area contributed by atoms with Gasteiger partial charge in [0.05, 0.1) is 16.4 Å². The zero-order chi connectivity index (χ0) is 65.2. The van der Waals surface area contributed by atoms with Crippen LogP contribution in [-0.4, -0.2) is 159 Å². The number of benzene rings is 1. The fourth-order valence-corrected chi connectivity index (χ4v) is 17.1. The molecule has 0 N–H and O–H groups in total. The van der Waals surface area contributed by atoms with Crippen LogP contribution < -0.4 is 5.56 Å². The van der Waals surface area contributed by atoms with E-state index < -0.39 is 30.1 Å². The lowest BCUT2D eigenvalue weighted by atomic mass is 9.94. The number of rotatable bonds is 0. The van der Waals surface area contributed by atoms with E-state index >= 15 is 0 Å². The van der Waals surface area contributed by atoms with E-state index in [1.807, 2.05) is 140 Å². The van der Waals surface area contributed by atoms with Crippen molar-refractivity contribution in [3.8, 4) is 0 Å². The van der Waals surface area contributed by atoms with Gasteiger partial charge in [-0.05, 0) is 220 Å². The number of carbonyl (C=O) groups is 3. The third-order valence-electron chi connectivity index (χ3n) is 15.3. The number of pyridine rings is 1. The predicted molar refractivity (Wildman–Crippen MR) is 348 cm³/mol. The molecule has 0 spiro atoms. The van der Waals surface area contributed by atoms with Crippen molar-refractivity contribution in [3.05, 3.63) is 92.8 Å². The number of hydrogen-bond donors (Lipinski definition) is 0. The first kappa shape index (κ1) is 75.0. The zero-order valence-electron chi connectivity index (χ0n) is 56.1. The third-order valence-corrected chi connectivity index (χ3v) is 22.1. The molecule has 2 aromatic rings. The maximum Gasteiger partial charge on any atom is 0.254 e. The summed E-state index contributed by atoms with van der Waals surface area (Å²) in [5.74, 6) is 1.45. The predicted octanol–water partition coefficient (Wildman–Crippen LogP) is 11.4. The highest BCUT2D eigenvalue weighted by atomic mass is 32.2. The van der Waals surface area contributed by atoms with Gasteiger partial charge in [-0.15, -0.1) is 0 Å². The number of fused-ring (bicyclic) bond motifs is 1. The van der Waals surface area contributed by atoms with E-state index in [0.717, 1.165) is 88.6 Å². The van der Waals surface area contributed by atoms with Crippen molar-refractivity contribution in [3.63, 3.8) is 0 Å². The number of nitrogens with zero attached hydrogens (tertiary/aromatic N) is 7. The van der Waals surface area contributed by atoms with Crippen LogP contribution in [-0.2, 0) is 51.6 Å². The SMILES string of the molecule is CC(C)(C)N1CC2=C(CC=CC2)S1(=O)=O.CC(C)(C)N1CCCC1=O.CC(C)(C)N1CCCCC1=O.CC(C)(C)N1CCCCS1(=O)=O.CC(C)(C)N1CCCS1(=O)=O.CC(C)(C)N1CCc2ccccc2C1=O.CC(C)(C)n1ccccc1=O. The fraction of sp³-hybridized carbons (Fsp3) is 0.723. The summed E-state index contributed by atoms with van der Waals surface area (Å²) >= 11 is 0. The molecule has 4 fully saturated rings. The lowest BCUT2D eigenvalue weighted by Gasteiger charge is -2.39. The topological polar surface area (TPSA) is 195 Å². The molecule has 3 amide bonds. The van der Waals surface area contributed by atoms with E-state index in [1.165, 1.54) is 12.0 Å². The summed E-state index contributed by atoms with van der Waals surface area (Å²) in [6, 6.07) is 13.1. The molecule has 85 heavy (non-hydrogen) atoms. The van der Waals surface area contributed by atoms with Crippen molar-refractivity contribution in [1.29, 1.82) is 0 Å². The monoisotopic (exact) mass is 1250 g/mol. The molecule has 0 radical (unpaired) electrons. The Morgan fingerprint density at radius 2 is 0.847 bits per heavy atom. The summed E-state index contributed by atoms with van der Waals surface area (Å²) in [4.78, 5) is 52.5. The van der Waals surface area contributed by atoms with Gasteiger partial charge >= 0.3 is 0 Å². The van der Waals surface area contributed by atoms with Gasteiger partial charge in [-0.1, -0.05) is 36.4 Å². The molecule has 0 unspecified atom stereocenters. The molecule has 6 aliphatic heterocycles. The maximum atomic E-state index is 12.2. The van der Waals surface area contributed by atoms with Crippen molar-refractivity contribution in [2.45, 2.75) is 255 Å². The van der Waals surface area contributed by atoms with Gasteiger partial charge in [0, 0.05) is 115 Å². The van der Waals surface area contributed by atoms with Crippen LogP contribution in [0.15, 0.2) is 76.1 Å². The number of amides is 3. The van der Waals surface area contributed by atoms with Crippen LogP contribution in [0, 0.1) is 0 Å². The van der Waals surface area contributed by atoms with Crippen molar-refractivity contribution in [2.75, 3.05) is 50.8 Å². The van der Waals surface area contributed by atoms with Gasteiger partial charge in [0.2, 0.25) is 41.9 Å². The van der Waals surface area contributed by atoms with E-state index in [0.29, 0.717) is 54.3 Å². The van der Waals surface area contributed by atoms with Gasteiger partial charge in [0.25, 0.3) is 11.5 Å². The minimum absolute atomic E-state index is 0.0253. The molecule has 1 aromatic heterocycles. The zero-order valence-corrected chi connectivity index (χ0v) is 58.6. The Labute approximate surface area is 515 Å². The Morgan fingerprint density at radius 1 is 0.400 bits per heavy atom. The van der Waals surface area contributed by atoms with E-state index in [9.17, 15) is 44.4 Å². The highest BCUT2D eigenvalue weighted by Gasteiger charge is 2.43. The molecular weight excluding hydrogens is 1130 g/mol. The molecule has 17 nitrogen and oxygen atoms in total. The highest BCUT2D eigenvalue weighted by Crippen LogP contribution is 2.38. The highest BCUT2D eigenvalue weighted by molar-refractivity contribution is 7.93. The Morgan fingerprint density at radius 3 is 1.24 bits per heavy atom. The van der Waals surface area contributed by atoms with E-state index in [4.69, 9.17) is 0 Å². The van der Waals surface area contributed by atoms with Crippen molar-refractivity contribution < 1.29 is 39.6 Å². The molecule has 484 valence electrons. The summed E-state index contributed by atoms with van der Waals surface area (Å²) in [7, 11) is -9.04. The Bertz CT molecular complexity index is 3040. The molecule has 0 bridgehead atoms. The molecule has 4 saturated heterocycles. The van der Waals surface area contributed by atoms with E-state index in [1.54, 1.807) is 29.6 Å². The van der Waals surface area contributed by atoms with E-state index in [2.05, 4.69) is 68.4 Å². The van der Waals surface area contributed by atoms with Gasteiger partial charge in [0.1, 0.15) is 0 Å². The van der Waals surface area contributed by atoms with Crippen LogP contribution >= 0.6 is 0 Å². The molecule has 9 rings (SSSR count). The van der Waals surface area contributed by atoms with Crippen LogP contribution in [0.25, 0.3) is 0 Å². The quantitative estimate of drug-likeness (QED) is 0.229. The fourth-order valence-electron chi connectivity index (χ4n) is 11.0. The first-order chi connectivity index (χ1) is 38.6. The third kappa shape index (κ3) is 22.1. The second-order valence-corrected chi connectivity index (χ2v) is 35.8. The number of aromatic nitrogens is 1. The number of piperidine rings is 1. The summed E-state index contributed by atoms with van der Waals surface area (Å²) in [5.41, 5.74) is 2.24. The number of hydrogen-bond acceptors (Lipinski definition) is 10. The largest absolute Gasteiger partial charge is 0.338 e. The number of allylic oxidation sites excluding steroid dienone is 3. The molecule has 7 heterocycles. The number of carbonyl (C=O) groups excluding carboxylic acids is 3. The van der Waals surface area contributed by atoms with Gasteiger partial charge < -0.3 is 19.3 Å². The van der Waals surface area contributed by atoms with Crippen molar-refractivity contribution in [1.82, 2.24) is 32.2 Å². The molecule has 1 aliphatic carbocycles. The molecule has 0 atom stereocenters. The number of likely N-dealkylation sites (tertiary alicyclic amines) is 2. The minimum atomic E-state index is -3.18. The Balaban J connectivity index is 0.000000261. The van der Waals surface area contributed by atoms with Crippen LogP contribution in [0.4, 0.5) is 0 Å². The Kier molecular flexibility index (Phi) is 26.0. The van der Waals surface area contributed by atoms with Crippen LogP contribution in [0.1, 0.15) is 226 Å². The average Bonchev–Trinajstić information content (AvgIpc) is 2.02. The maximum absolute atomic E-state index is 12.2.